The van der Waals surface area contributed by atoms with Gasteiger partial charge in [0, 0.05) is 44.2 Å². The van der Waals surface area contributed by atoms with Crippen molar-refractivity contribution in [2.45, 2.75) is 52.4 Å². The average Bonchev–Trinajstić information content (AvgIpc) is 3.81. The lowest BCUT2D eigenvalue weighted by Gasteiger charge is -2.43. The Labute approximate surface area is 361 Å². The molecule has 4 heteroatoms. The van der Waals surface area contributed by atoms with Crippen LogP contribution in [0.5, 0.6) is 0 Å². The second-order valence-corrected chi connectivity index (χ2v) is 19.8. The van der Waals surface area contributed by atoms with Crippen molar-refractivity contribution in [3.8, 4) is 27.9 Å². The third kappa shape index (κ3) is 4.89. The van der Waals surface area contributed by atoms with Gasteiger partial charge in [-0.05, 0) is 132 Å². The molecule has 296 valence electrons. The van der Waals surface area contributed by atoms with E-state index in [-0.39, 0.29) is 17.7 Å². The van der Waals surface area contributed by atoms with Gasteiger partial charge in [-0.2, -0.15) is 0 Å². The van der Waals surface area contributed by atoms with Gasteiger partial charge in [0.2, 0.25) is 0 Å². The van der Waals surface area contributed by atoms with Crippen LogP contribution in [0, 0.1) is 0 Å². The summed E-state index contributed by atoms with van der Waals surface area (Å²) in [5, 5.41) is 9.83. The van der Waals surface area contributed by atoms with E-state index in [2.05, 4.69) is 215 Å². The lowest BCUT2D eigenvalue weighted by Crippen LogP contribution is -2.60. The molecule has 0 N–H and O–H groups in total. The second kappa shape index (κ2) is 12.3. The quantitative estimate of drug-likeness (QED) is 0.163. The van der Waals surface area contributed by atoms with Crippen LogP contribution >= 0.6 is 0 Å². The average molecular weight is 797 g/mol. The first-order valence-corrected chi connectivity index (χ1v) is 22.0. The highest BCUT2D eigenvalue weighted by Gasteiger charge is 2.46. The minimum absolute atomic E-state index is 0.00835. The molecule has 62 heavy (non-hydrogen) atoms. The van der Waals surface area contributed by atoms with E-state index in [9.17, 15) is 0 Å². The number of nitrogens with zero attached hydrogens (tertiary/aromatic N) is 2. The zero-order valence-corrected chi connectivity index (χ0v) is 36.0. The zero-order valence-electron chi connectivity index (χ0n) is 36.0. The SMILES string of the molecule is CC(C)(C)c1ccc2c(c1)c1cc(C(C)(C)C)cc3c1n2-c1cc2ccccc2c2c1B3N(c1ccc(-c3ccccc3)cc1)c1ccc3oc4cc5ccccc5cc4c3c1-2. The molecule has 0 unspecified atom stereocenters. The zero-order chi connectivity index (χ0) is 41.8. The molecule has 0 spiro atoms. The van der Waals surface area contributed by atoms with Crippen LogP contribution in [0.1, 0.15) is 52.7 Å². The predicted octanol–water partition coefficient (Wildman–Crippen LogP) is 14.5. The smallest absolute Gasteiger partial charge is 0.333 e. The van der Waals surface area contributed by atoms with Crippen LogP contribution in [0.4, 0.5) is 11.4 Å². The summed E-state index contributed by atoms with van der Waals surface area (Å²) in [6, 6.07) is 61.5. The van der Waals surface area contributed by atoms with E-state index in [1.807, 2.05) is 0 Å². The fourth-order valence-electron chi connectivity index (χ4n) is 10.9. The Bertz CT molecular complexity index is 3710. The summed E-state index contributed by atoms with van der Waals surface area (Å²) in [7, 11) is 0. The van der Waals surface area contributed by atoms with Crippen LogP contribution in [0.3, 0.4) is 0 Å². The molecule has 0 bridgehead atoms. The van der Waals surface area contributed by atoms with Crippen molar-refractivity contribution in [2.24, 2.45) is 0 Å². The standard InChI is InChI=1S/C58H45BN2O/c1-57(2,3)39-22-25-47-43(31-39)44-32-40(58(4,5)6)33-46-56(44)60(47)49-29-38-18-12-13-19-42(38)53-54-48(26-27-50-52(54)45-28-36-16-10-11-17-37(36)30-51(45)62-50)61(59(46)55(49)53)41-23-20-35(21-24-41)34-14-8-7-9-15-34/h7-33H,1-6H3. The first-order chi connectivity index (χ1) is 30.0. The predicted molar refractivity (Wildman–Crippen MR) is 265 cm³/mol. The minimum atomic E-state index is -0.111. The summed E-state index contributed by atoms with van der Waals surface area (Å²) in [6.45, 7) is 13.9. The van der Waals surface area contributed by atoms with Crippen molar-refractivity contribution in [1.82, 2.24) is 4.57 Å². The van der Waals surface area contributed by atoms with Crippen molar-refractivity contribution in [3.05, 3.63) is 175 Å². The summed E-state index contributed by atoms with van der Waals surface area (Å²) in [5.41, 5.74) is 18.2. The summed E-state index contributed by atoms with van der Waals surface area (Å²) < 4.78 is 9.49. The van der Waals surface area contributed by atoms with E-state index >= 15 is 0 Å². The van der Waals surface area contributed by atoms with E-state index in [0.29, 0.717) is 0 Å². The Morgan fingerprint density at radius 2 is 1.15 bits per heavy atom. The first-order valence-electron chi connectivity index (χ1n) is 22.0. The van der Waals surface area contributed by atoms with E-state index in [0.717, 1.165) is 27.6 Å². The Balaban J connectivity index is 1.23. The normalized spacial score (nSPS) is 13.6. The maximum Gasteiger partial charge on any atom is 0.333 e. The first kappa shape index (κ1) is 35.7. The number of hydrogen-bond acceptors (Lipinski definition) is 2. The van der Waals surface area contributed by atoms with E-state index in [1.165, 1.54) is 99.0 Å². The fourth-order valence-corrected chi connectivity index (χ4v) is 10.9. The van der Waals surface area contributed by atoms with Crippen LogP contribution in [0.2, 0.25) is 0 Å². The molecule has 2 aliphatic heterocycles. The third-order valence-corrected chi connectivity index (χ3v) is 14.0. The molecular weight excluding hydrogens is 751 g/mol. The monoisotopic (exact) mass is 796 g/mol. The van der Waals surface area contributed by atoms with Gasteiger partial charge in [-0.25, -0.2) is 0 Å². The topological polar surface area (TPSA) is 21.3 Å². The maximum atomic E-state index is 6.87. The van der Waals surface area contributed by atoms with E-state index < -0.39 is 0 Å². The molecule has 0 saturated heterocycles. The number of benzene rings is 9. The Morgan fingerprint density at radius 1 is 0.468 bits per heavy atom. The molecule has 9 aromatic carbocycles. The summed E-state index contributed by atoms with van der Waals surface area (Å²) in [4.78, 5) is 2.66. The number of furan rings is 1. The van der Waals surface area contributed by atoms with Gasteiger partial charge in [0.05, 0.1) is 11.0 Å². The molecule has 0 atom stereocenters. The molecule has 0 aliphatic carbocycles. The molecule has 0 saturated carbocycles. The van der Waals surface area contributed by atoms with Gasteiger partial charge in [0.25, 0.3) is 0 Å². The summed E-state index contributed by atoms with van der Waals surface area (Å²) in [5.74, 6) is 0. The number of hydrogen-bond donors (Lipinski definition) is 0. The summed E-state index contributed by atoms with van der Waals surface area (Å²) >= 11 is 0. The van der Waals surface area contributed by atoms with Crippen LogP contribution in [0.25, 0.3) is 93.2 Å². The molecular formula is C58H45BN2O. The van der Waals surface area contributed by atoms with Gasteiger partial charge in [-0.15, -0.1) is 0 Å². The molecule has 13 rings (SSSR count). The van der Waals surface area contributed by atoms with Gasteiger partial charge < -0.3 is 13.8 Å². The van der Waals surface area contributed by atoms with Gasteiger partial charge >= 0.3 is 6.85 Å². The van der Waals surface area contributed by atoms with Crippen molar-refractivity contribution in [2.75, 3.05) is 4.81 Å². The van der Waals surface area contributed by atoms with Gasteiger partial charge in [0.15, 0.2) is 0 Å². The van der Waals surface area contributed by atoms with Gasteiger partial charge in [-0.1, -0.05) is 145 Å². The molecule has 4 heterocycles. The lowest BCUT2D eigenvalue weighted by molar-refractivity contribution is 0.590. The number of anilines is 2. The maximum absolute atomic E-state index is 6.87. The van der Waals surface area contributed by atoms with Crippen molar-refractivity contribution in [1.29, 1.82) is 0 Å². The highest BCUT2D eigenvalue weighted by molar-refractivity contribution is 6.94. The molecule has 2 aromatic heterocycles. The van der Waals surface area contributed by atoms with Crippen LogP contribution in [-0.2, 0) is 10.8 Å². The molecule has 2 aliphatic rings. The highest BCUT2D eigenvalue weighted by atomic mass is 16.3. The molecule has 0 fully saturated rings. The van der Waals surface area contributed by atoms with Crippen LogP contribution in [-0.4, -0.2) is 11.4 Å². The Hall–Kier alpha value is -7.04. The molecule has 0 radical (unpaired) electrons. The van der Waals surface area contributed by atoms with Crippen molar-refractivity contribution < 1.29 is 4.42 Å². The Morgan fingerprint density at radius 3 is 1.90 bits per heavy atom. The molecule has 0 amide bonds. The van der Waals surface area contributed by atoms with Crippen LogP contribution in [0.15, 0.2) is 168 Å². The van der Waals surface area contributed by atoms with Gasteiger partial charge in [-0.3, -0.25) is 0 Å². The van der Waals surface area contributed by atoms with Gasteiger partial charge in [0.1, 0.15) is 11.2 Å². The number of fused-ring (bicyclic) bond motifs is 14. The highest BCUT2D eigenvalue weighted by Crippen LogP contribution is 2.52. The Kier molecular flexibility index (Phi) is 7.08. The summed E-state index contributed by atoms with van der Waals surface area (Å²) in [6.07, 6.45) is 0. The van der Waals surface area contributed by atoms with E-state index in [1.54, 1.807) is 0 Å². The minimum Gasteiger partial charge on any atom is -0.456 e. The molecule has 11 aromatic rings. The van der Waals surface area contributed by atoms with Crippen molar-refractivity contribution >= 4 is 94.4 Å². The molecule has 3 nitrogen and oxygen atoms in total. The van der Waals surface area contributed by atoms with E-state index in [4.69, 9.17) is 4.42 Å². The fraction of sp³-hybridized carbons (Fsp3) is 0.138. The number of aromatic nitrogens is 1. The van der Waals surface area contributed by atoms with Crippen molar-refractivity contribution in [3.63, 3.8) is 0 Å². The second-order valence-electron chi connectivity index (χ2n) is 19.8. The number of rotatable bonds is 2. The lowest BCUT2D eigenvalue weighted by atomic mass is 9.43. The largest absolute Gasteiger partial charge is 0.456 e. The third-order valence-electron chi connectivity index (χ3n) is 14.0. The van der Waals surface area contributed by atoms with Crippen LogP contribution < -0.4 is 15.7 Å².